The summed E-state index contributed by atoms with van der Waals surface area (Å²) in [6, 6.07) is 12.6. The Balaban J connectivity index is 0.000000305. The molecular weight excluding hydrogens is 771 g/mol. The molecule has 0 bridgehead atoms. The first kappa shape index (κ1) is 32.6. The molecule has 2 saturated heterocycles. The smallest absolute Gasteiger partial charge is 0.253 e. The predicted molar refractivity (Wildman–Crippen MR) is 212 cm³/mol. The maximum Gasteiger partial charge on any atom is 0.253 e. The van der Waals surface area contributed by atoms with Crippen molar-refractivity contribution in [1.29, 1.82) is 0 Å². The van der Waals surface area contributed by atoms with E-state index < -0.39 is 80.2 Å². The molecule has 2 fully saturated rings. The van der Waals surface area contributed by atoms with E-state index in [1.807, 2.05) is 12.2 Å². The number of amides is 2. The fourth-order valence-corrected chi connectivity index (χ4v) is 5.59. The second-order valence-electron chi connectivity index (χ2n) is 12.5. The molecule has 0 spiro atoms. The lowest BCUT2D eigenvalue weighted by molar-refractivity contribution is 0.0432. The van der Waals surface area contributed by atoms with Crippen LogP contribution in [-0.2, 0) is 6.50 Å². The molecule has 9 nitrogen and oxygen atoms in total. The van der Waals surface area contributed by atoms with Crippen LogP contribution in [0.5, 0.6) is 0 Å². The molecule has 2 aromatic carbocycles. The molecule has 2 amide bonds. The summed E-state index contributed by atoms with van der Waals surface area (Å²) in [5.74, 6) is -2.20. The summed E-state index contributed by atoms with van der Waals surface area (Å²) < 4.78 is 133. The van der Waals surface area contributed by atoms with Crippen LogP contribution in [0, 0.1) is 25.4 Å². The number of nitrogens with one attached hydrogen (secondary N) is 1. The monoisotopic (exact) mass is 828 g/mol. The first-order chi connectivity index (χ1) is 29.9. The van der Waals surface area contributed by atoms with Gasteiger partial charge in [0.2, 0.25) is 0 Å². The van der Waals surface area contributed by atoms with Crippen LogP contribution in [0.2, 0.25) is 10.0 Å². The molecule has 302 valence electrons. The van der Waals surface area contributed by atoms with Crippen molar-refractivity contribution >= 4 is 41.3 Å². The predicted octanol–water partition coefficient (Wildman–Crippen LogP) is 8.14. The Bertz CT molecular complexity index is 2330. The van der Waals surface area contributed by atoms with E-state index in [4.69, 9.17) is 42.6 Å². The van der Waals surface area contributed by atoms with Gasteiger partial charge >= 0.3 is 0 Å². The summed E-state index contributed by atoms with van der Waals surface area (Å²) in [5.41, 5.74) is 1.63. The van der Waals surface area contributed by atoms with E-state index in [-0.39, 0.29) is 84.6 Å². The van der Waals surface area contributed by atoms with Crippen LogP contribution in [-0.4, -0.2) is 88.4 Å². The first-order valence-corrected chi connectivity index (χ1v) is 17.5. The lowest BCUT2D eigenvalue weighted by Crippen LogP contribution is -2.48. The van der Waals surface area contributed by atoms with Gasteiger partial charge in [-0.2, -0.15) is 0 Å². The highest BCUT2D eigenvalue weighted by Gasteiger charge is 2.36. The average Bonchev–Trinajstić information content (AvgIpc) is 3.22. The number of piperidine rings is 2. The number of aldehydes is 1. The highest BCUT2D eigenvalue weighted by molar-refractivity contribution is 6.31. The highest BCUT2D eigenvalue weighted by atomic mass is 35.5. The van der Waals surface area contributed by atoms with Gasteiger partial charge in [-0.3, -0.25) is 24.4 Å². The Labute approximate surface area is 349 Å². The third-order valence-electron chi connectivity index (χ3n) is 8.53. The standard InChI is InChI=1S/C20H22ClF2N3O.C13H15ClF2N2O.C7H7NO.CH4/c1-14-2-4-16(25-11-14)12-24-13-20(23)6-8-26(9-7-20)19(27)15-3-5-18(22)17(21)10-15;14-10-7-9(1-2-11(10)15)12(19)18-5-3-13(16,8-17)4-6-18;1-6-2-3-7(5-9)8-4-6;/h2-5,10-11,24H,6-9,12-13H2,1H3;1-2,7H,3-6,8,17H2;2-5H,1H3;1H4/i1D3,12D2,13D2;8D2;5D;. The topological polar surface area (TPSA) is 122 Å². The Hall–Kier alpha value is -4.43. The van der Waals surface area contributed by atoms with E-state index >= 15 is 4.39 Å². The molecule has 6 rings (SSSR count). The average molecular weight is 830 g/mol. The van der Waals surface area contributed by atoms with E-state index in [0.29, 0.717) is 0 Å². The van der Waals surface area contributed by atoms with E-state index in [0.717, 1.165) is 42.1 Å². The minimum Gasteiger partial charge on any atom is -0.338 e. The van der Waals surface area contributed by atoms with Crippen molar-refractivity contribution in [3.8, 4) is 0 Å². The number of carbonyl (C=O) groups is 3. The summed E-state index contributed by atoms with van der Waals surface area (Å²) in [5, 5.41) is 1.65. The molecule has 2 aromatic heterocycles. The molecule has 0 aliphatic carbocycles. The number of rotatable bonds is 8. The number of alkyl halides is 2. The molecular formula is C41H48Cl2F4N6O3. The van der Waals surface area contributed by atoms with Crippen molar-refractivity contribution < 1.29 is 45.7 Å². The fraction of sp³-hybridized carbons (Fsp3) is 0.390. The molecule has 56 heavy (non-hydrogen) atoms. The summed E-state index contributed by atoms with van der Waals surface area (Å²) in [7, 11) is 0. The SMILES string of the molecule is C.[2H]C(=O)c1ccc(C)cn1.[2H]C([2H])(N)C1(F)CCN(C(=O)c2ccc(F)c(Cl)c2)CC1.[2H]C([2H])([2H])c1ccc(C([2H])([2H])NC([2H])([2H])C2(F)CCN(C(=O)c3ccc(F)c(Cl)c3)CC2)nc1. The summed E-state index contributed by atoms with van der Waals surface area (Å²) in [6.45, 7) is -8.69. The van der Waals surface area contributed by atoms with E-state index in [9.17, 15) is 27.6 Å². The van der Waals surface area contributed by atoms with Crippen molar-refractivity contribution in [3.63, 3.8) is 0 Å². The van der Waals surface area contributed by atoms with Crippen molar-refractivity contribution in [1.82, 2.24) is 25.1 Å². The third-order valence-corrected chi connectivity index (χ3v) is 9.11. The first-order valence-electron chi connectivity index (χ1n) is 21.7. The van der Waals surface area contributed by atoms with Crippen LogP contribution < -0.4 is 11.1 Å². The number of benzene rings is 2. The molecule has 0 saturated carbocycles. The lowest BCUT2D eigenvalue weighted by Gasteiger charge is -2.36. The summed E-state index contributed by atoms with van der Waals surface area (Å²) in [6.07, 6.45) is 0.592. The minimum absolute atomic E-state index is 0. The molecule has 4 aromatic rings. The van der Waals surface area contributed by atoms with Gasteiger partial charge in [-0.15, -0.1) is 0 Å². The minimum atomic E-state index is -2.85. The molecule has 0 atom stereocenters. The quantitative estimate of drug-likeness (QED) is 0.136. The number of nitrogens with two attached hydrogens (primary N) is 1. The largest absolute Gasteiger partial charge is 0.338 e. The number of hydrogen-bond donors (Lipinski definition) is 2. The second kappa shape index (κ2) is 21.2. The van der Waals surface area contributed by atoms with Crippen molar-refractivity contribution in [2.45, 2.75) is 64.7 Å². The van der Waals surface area contributed by atoms with Gasteiger partial charge in [-0.25, -0.2) is 17.6 Å². The number of halogens is 6. The highest BCUT2D eigenvalue weighted by Crippen LogP contribution is 2.29. The van der Waals surface area contributed by atoms with Gasteiger partial charge in [-0.05, 0) is 73.4 Å². The number of pyridine rings is 2. The molecule has 0 radical (unpaired) electrons. The van der Waals surface area contributed by atoms with E-state index in [1.54, 1.807) is 18.3 Å². The van der Waals surface area contributed by atoms with Crippen LogP contribution in [0.3, 0.4) is 0 Å². The zero-order valence-electron chi connectivity index (χ0n) is 39.4. The molecule has 4 heterocycles. The fourth-order valence-electron chi connectivity index (χ4n) is 5.22. The second-order valence-corrected chi connectivity index (χ2v) is 13.4. The third kappa shape index (κ3) is 13.4. The molecule has 2 aliphatic heterocycles. The van der Waals surface area contributed by atoms with Crippen LogP contribution in [0.25, 0.3) is 0 Å². The van der Waals surface area contributed by atoms with Gasteiger partial charge in [-0.1, -0.05) is 42.8 Å². The van der Waals surface area contributed by atoms with Gasteiger partial charge in [0.1, 0.15) is 30.0 Å². The van der Waals surface area contributed by atoms with Crippen molar-refractivity contribution in [2.24, 2.45) is 5.73 Å². The normalized spacial score (nSPS) is 19.2. The summed E-state index contributed by atoms with van der Waals surface area (Å²) >= 11 is 11.3. The Morgan fingerprint density at radius 3 is 1.77 bits per heavy atom. The summed E-state index contributed by atoms with van der Waals surface area (Å²) in [4.78, 5) is 45.4. The van der Waals surface area contributed by atoms with Crippen LogP contribution in [0.4, 0.5) is 17.6 Å². The maximum absolute atomic E-state index is 15.7. The van der Waals surface area contributed by atoms with Gasteiger partial charge < -0.3 is 20.9 Å². The number of nitrogens with zero attached hydrogens (tertiary/aromatic N) is 4. The zero-order chi connectivity index (χ0) is 48.9. The maximum atomic E-state index is 15.7. The van der Waals surface area contributed by atoms with Gasteiger partial charge in [0.15, 0.2) is 6.26 Å². The molecule has 3 N–H and O–H groups in total. The number of aryl methyl sites for hydroxylation is 2. The van der Waals surface area contributed by atoms with Gasteiger partial charge in [0.05, 0.1) is 15.7 Å². The van der Waals surface area contributed by atoms with Gasteiger partial charge in [0, 0.05) is 107 Å². The Morgan fingerprint density at radius 1 is 0.857 bits per heavy atom. The van der Waals surface area contributed by atoms with Crippen LogP contribution in [0.15, 0.2) is 73.1 Å². The molecule has 15 heteroatoms. The Kier molecular flexibility index (Phi) is 12.4. The number of carbonyl (C=O) groups excluding carboxylic acids is 3. The van der Waals surface area contributed by atoms with E-state index in [2.05, 4.69) is 9.97 Å². The van der Waals surface area contributed by atoms with Crippen LogP contribution in [0.1, 0.15) is 94.8 Å². The number of aromatic nitrogens is 2. The van der Waals surface area contributed by atoms with Crippen LogP contribution >= 0.6 is 23.2 Å². The number of likely N-dealkylation sites (tertiary alicyclic amines) is 2. The van der Waals surface area contributed by atoms with E-state index in [1.165, 1.54) is 28.0 Å². The number of hydrogen-bond acceptors (Lipinski definition) is 7. The zero-order valence-corrected chi connectivity index (χ0v) is 31.0. The lowest BCUT2D eigenvalue weighted by atomic mass is 9.92. The van der Waals surface area contributed by atoms with Crippen molar-refractivity contribution in [2.75, 3.05) is 39.2 Å². The van der Waals surface area contributed by atoms with Gasteiger partial charge in [0.25, 0.3) is 11.8 Å². The molecule has 0 unspecified atom stereocenters. The van der Waals surface area contributed by atoms with Crippen molar-refractivity contribution in [3.05, 3.63) is 128 Å². The Morgan fingerprint density at radius 2 is 1.36 bits per heavy atom. The molecule has 2 aliphatic rings.